The number of benzene rings is 3. The molecule has 3 aromatic carbocycles. The summed E-state index contributed by atoms with van der Waals surface area (Å²) in [6.07, 6.45) is -1.81. The lowest BCUT2D eigenvalue weighted by Gasteiger charge is -2.43. The van der Waals surface area contributed by atoms with Crippen molar-refractivity contribution in [2.45, 2.75) is 25.8 Å². The van der Waals surface area contributed by atoms with Crippen molar-refractivity contribution < 1.29 is 13.2 Å². The Morgan fingerprint density at radius 3 is 1.43 bits per heavy atom. The van der Waals surface area contributed by atoms with Gasteiger partial charge in [-0.1, -0.05) is 112 Å². The Morgan fingerprint density at radius 1 is 0.679 bits per heavy atom. The minimum atomic E-state index is -3.10. The molecule has 0 aromatic heterocycles. The SMILES string of the molecule is CC(C)(C)[Si](OC(=C(F)F)c1ccccc1)(c1ccccc1)c1ccccc1. The molecule has 1 nitrogen and oxygen atoms in total. The van der Waals surface area contributed by atoms with Crippen molar-refractivity contribution in [3.63, 3.8) is 0 Å². The molecule has 0 amide bonds. The summed E-state index contributed by atoms with van der Waals surface area (Å²) in [5.74, 6) is -0.338. The summed E-state index contributed by atoms with van der Waals surface area (Å²) in [7, 11) is -3.10. The maximum absolute atomic E-state index is 14.1. The van der Waals surface area contributed by atoms with E-state index in [2.05, 4.69) is 20.8 Å². The van der Waals surface area contributed by atoms with Crippen LogP contribution in [-0.2, 0) is 4.43 Å². The van der Waals surface area contributed by atoms with Crippen LogP contribution < -0.4 is 10.4 Å². The van der Waals surface area contributed by atoms with Gasteiger partial charge in [-0.15, -0.1) is 0 Å². The van der Waals surface area contributed by atoms with Gasteiger partial charge in [0.1, 0.15) is 0 Å². The second-order valence-electron chi connectivity index (χ2n) is 7.72. The van der Waals surface area contributed by atoms with Crippen molar-refractivity contribution in [1.82, 2.24) is 0 Å². The molecule has 28 heavy (non-hydrogen) atoms. The van der Waals surface area contributed by atoms with Crippen LogP contribution in [0, 0.1) is 0 Å². The molecule has 0 atom stereocenters. The molecule has 0 aliphatic rings. The van der Waals surface area contributed by atoms with Crippen molar-refractivity contribution in [3.8, 4) is 0 Å². The summed E-state index contributed by atoms with van der Waals surface area (Å²) < 4.78 is 34.7. The van der Waals surface area contributed by atoms with Crippen molar-refractivity contribution in [3.05, 3.63) is 103 Å². The summed E-state index contributed by atoms with van der Waals surface area (Å²) in [6, 6.07) is 28.2. The molecule has 0 aliphatic carbocycles. The van der Waals surface area contributed by atoms with Gasteiger partial charge in [-0.3, -0.25) is 0 Å². The van der Waals surface area contributed by atoms with E-state index in [1.807, 2.05) is 60.7 Å². The molecule has 0 spiro atoms. The summed E-state index contributed by atoms with van der Waals surface area (Å²) in [6.45, 7) is 6.20. The van der Waals surface area contributed by atoms with Crippen LogP contribution in [0.25, 0.3) is 5.76 Å². The Hall–Kier alpha value is -2.72. The van der Waals surface area contributed by atoms with Gasteiger partial charge >= 0.3 is 14.4 Å². The van der Waals surface area contributed by atoms with Gasteiger partial charge in [0.05, 0.1) is 0 Å². The van der Waals surface area contributed by atoms with Gasteiger partial charge in [0, 0.05) is 5.56 Å². The first kappa shape index (κ1) is 20.0. The van der Waals surface area contributed by atoms with Crippen LogP contribution >= 0.6 is 0 Å². The largest absolute Gasteiger partial charge is 0.530 e. The van der Waals surface area contributed by atoms with Crippen LogP contribution in [0.3, 0.4) is 0 Å². The van der Waals surface area contributed by atoms with Gasteiger partial charge in [0.15, 0.2) is 5.76 Å². The Kier molecular flexibility index (Phi) is 5.80. The zero-order valence-corrected chi connectivity index (χ0v) is 17.3. The monoisotopic (exact) mass is 394 g/mol. The van der Waals surface area contributed by atoms with Crippen LogP contribution in [0.4, 0.5) is 8.78 Å². The van der Waals surface area contributed by atoms with E-state index >= 15 is 0 Å². The van der Waals surface area contributed by atoms with Crippen LogP contribution in [-0.4, -0.2) is 8.32 Å². The third-order valence-corrected chi connectivity index (χ3v) is 9.80. The van der Waals surface area contributed by atoms with E-state index in [1.165, 1.54) is 0 Å². The topological polar surface area (TPSA) is 9.23 Å². The quantitative estimate of drug-likeness (QED) is 0.391. The second kappa shape index (κ2) is 8.11. The van der Waals surface area contributed by atoms with E-state index in [1.54, 1.807) is 30.3 Å². The van der Waals surface area contributed by atoms with E-state index in [4.69, 9.17) is 4.43 Å². The van der Waals surface area contributed by atoms with Gasteiger partial charge in [0.25, 0.3) is 0 Å². The zero-order chi connectivity index (χ0) is 20.2. The minimum absolute atomic E-state index is 0.338. The fourth-order valence-corrected chi connectivity index (χ4v) is 8.03. The van der Waals surface area contributed by atoms with Crippen molar-refractivity contribution in [2.75, 3.05) is 0 Å². The molecule has 0 N–H and O–H groups in total. The van der Waals surface area contributed by atoms with Gasteiger partial charge in [-0.2, -0.15) is 8.78 Å². The molecule has 0 aliphatic heterocycles. The molecular formula is C24H24F2OSi. The van der Waals surface area contributed by atoms with Gasteiger partial charge < -0.3 is 4.43 Å². The molecule has 4 heteroatoms. The van der Waals surface area contributed by atoms with Gasteiger partial charge in [-0.25, -0.2) is 0 Å². The Labute approximate surface area is 166 Å². The number of rotatable bonds is 5. The first-order valence-corrected chi connectivity index (χ1v) is 11.2. The first-order valence-electron chi connectivity index (χ1n) is 9.27. The molecule has 0 bridgehead atoms. The van der Waals surface area contributed by atoms with E-state index < -0.39 is 14.4 Å². The van der Waals surface area contributed by atoms with Crippen LogP contribution in [0.15, 0.2) is 97.1 Å². The highest BCUT2D eigenvalue weighted by Gasteiger charge is 2.52. The number of hydrogen-bond acceptors (Lipinski definition) is 1. The van der Waals surface area contributed by atoms with Crippen molar-refractivity contribution in [1.29, 1.82) is 0 Å². The highest BCUT2D eigenvalue weighted by Crippen LogP contribution is 2.40. The lowest BCUT2D eigenvalue weighted by atomic mass is 10.2. The highest BCUT2D eigenvalue weighted by atomic mass is 28.4. The summed E-state index contributed by atoms with van der Waals surface area (Å²) >= 11 is 0. The number of hydrogen-bond donors (Lipinski definition) is 0. The molecule has 0 heterocycles. The average Bonchev–Trinajstić information content (AvgIpc) is 2.70. The summed E-state index contributed by atoms with van der Waals surface area (Å²) in [5.41, 5.74) is 0.385. The average molecular weight is 395 g/mol. The first-order chi connectivity index (χ1) is 13.4. The third kappa shape index (κ3) is 3.78. The van der Waals surface area contributed by atoms with Crippen molar-refractivity contribution >= 4 is 24.5 Å². The molecular weight excluding hydrogens is 370 g/mol. The standard InChI is InChI=1S/C24H24F2OSi/c1-24(2,3)28(20-15-9-5-10-16-20,21-17-11-6-12-18-21)27-22(23(25)26)19-13-7-4-8-14-19/h4-18H,1-3H3. The maximum Gasteiger partial charge on any atom is 0.320 e. The maximum atomic E-state index is 14.1. The molecule has 3 aromatic rings. The zero-order valence-electron chi connectivity index (χ0n) is 16.3. The van der Waals surface area contributed by atoms with Gasteiger partial charge in [0.2, 0.25) is 0 Å². The second-order valence-corrected chi connectivity index (χ2v) is 11.9. The van der Waals surface area contributed by atoms with E-state index in [0.717, 1.165) is 10.4 Å². The molecule has 3 rings (SSSR count). The van der Waals surface area contributed by atoms with Crippen molar-refractivity contribution in [2.24, 2.45) is 0 Å². The van der Waals surface area contributed by atoms with E-state index in [9.17, 15) is 8.78 Å². The number of halogens is 2. The van der Waals surface area contributed by atoms with Crippen LogP contribution in [0.2, 0.25) is 5.04 Å². The molecule has 0 saturated carbocycles. The highest BCUT2D eigenvalue weighted by molar-refractivity contribution is 7.00. The lowest BCUT2D eigenvalue weighted by Crippen LogP contribution is -2.66. The van der Waals surface area contributed by atoms with E-state index in [0.29, 0.717) is 5.56 Å². The summed E-state index contributed by atoms with van der Waals surface area (Å²) in [5, 5.41) is 1.54. The smallest absolute Gasteiger partial charge is 0.320 e. The van der Waals surface area contributed by atoms with Gasteiger partial charge in [-0.05, 0) is 15.4 Å². The fraction of sp³-hybridized carbons (Fsp3) is 0.167. The van der Waals surface area contributed by atoms with Crippen LogP contribution in [0.1, 0.15) is 26.3 Å². The predicted molar refractivity (Wildman–Crippen MR) is 114 cm³/mol. The minimum Gasteiger partial charge on any atom is -0.530 e. The predicted octanol–water partition coefficient (Wildman–Crippen LogP) is 5.83. The molecule has 144 valence electrons. The van der Waals surface area contributed by atoms with Crippen LogP contribution in [0.5, 0.6) is 0 Å². The molecule has 0 radical (unpaired) electrons. The normalized spacial score (nSPS) is 11.8. The third-order valence-electron chi connectivity index (χ3n) is 4.88. The Morgan fingerprint density at radius 2 is 1.07 bits per heavy atom. The molecule has 0 unspecified atom stereocenters. The molecule has 0 fully saturated rings. The lowest BCUT2D eigenvalue weighted by molar-refractivity contribution is 0.377. The fourth-order valence-electron chi connectivity index (χ4n) is 3.60. The Balaban J connectivity index is 2.29. The Bertz CT molecular complexity index is 889. The van der Waals surface area contributed by atoms with E-state index in [-0.39, 0.29) is 10.8 Å². The molecule has 0 saturated heterocycles. The summed E-state index contributed by atoms with van der Waals surface area (Å²) in [4.78, 5) is 0.